The number of hydrogen-bond acceptors (Lipinski definition) is 4. The molecule has 5 heteroatoms. The number of carbonyl (C=O) groups is 1. The molecule has 1 rings (SSSR count). The summed E-state index contributed by atoms with van der Waals surface area (Å²) < 4.78 is 0. The third-order valence-corrected chi connectivity index (χ3v) is 2.38. The van der Waals surface area contributed by atoms with Gasteiger partial charge in [0, 0.05) is 6.42 Å². The average molecular weight is 183 g/mol. The normalized spacial score (nSPS) is 9.67. The Morgan fingerprint density at radius 1 is 1.75 bits per heavy atom. The molecule has 0 spiro atoms. The van der Waals surface area contributed by atoms with E-state index in [4.69, 9.17) is 11.5 Å². The highest BCUT2D eigenvalue weighted by atomic mass is 32.1. The molecule has 0 radical (unpaired) electrons. The van der Waals surface area contributed by atoms with Crippen LogP contribution in [0.2, 0.25) is 0 Å². The molecule has 0 aromatic carbocycles. The zero-order valence-electron chi connectivity index (χ0n) is 6.41. The Hall–Kier alpha value is -1.36. The Bertz CT molecular complexity index is 318. The largest absolute Gasteiger partial charge is 0.383 e. The third kappa shape index (κ3) is 1.62. The highest BCUT2D eigenvalue weighted by molar-refractivity contribution is 7.14. The number of primary amides is 1. The Morgan fingerprint density at radius 3 is 2.83 bits per heavy atom. The zero-order valence-corrected chi connectivity index (χ0v) is 7.23. The Labute approximate surface area is 73.9 Å². The van der Waals surface area contributed by atoms with Gasteiger partial charge in [-0.2, -0.15) is 0 Å². The van der Waals surface area contributed by atoms with Crippen molar-refractivity contribution < 1.29 is 4.79 Å². The summed E-state index contributed by atoms with van der Waals surface area (Å²) in [7, 11) is 0. The molecule has 64 valence electrons. The first-order valence-electron chi connectivity index (χ1n) is 3.31. The predicted octanol–water partition coefficient (Wildman–Crippen LogP) is 0.553. The van der Waals surface area contributed by atoms with Gasteiger partial charge in [-0.05, 0) is 0 Å². The van der Waals surface area contributed by atoms with Gasteiger partial charge in [0.1, 0.15) is 5.82 Å². The first kappa shape index (κ1) is 8.73. The van der Waals surface area contributed by atoms with Crippen LogP contribution >= 0.6 is 11.3 Å². The molecule has 1 aromatic rings. The maximum atomic E-state index is 10.7. The lowest BCUT2D eigenvalue weighted by molar-refractivity contribution is 0.1000. The van der Waals surface area contributed by atoms with Crippen LogP contribution in [0.1, 0.15) is 14.7 Å². The smallest absolute Gasteiger partial charge is 0.277 e. The van der Waals surface area contributed by atoms with Crippen molar-refractivity contribution in [2.24, 2.45) is 5.73 Å². The molecule has 0 bridgehead atoms. The summed E-state index contributed by atoms with van der Waals surface area (Å²) in [5.74, 6) is -0.171. The van der Waals surface area contributed by atoms with Crippen molar-refractivity contribution in [1.82, 2.24) is 4.98 Å². The van der Waals surface area contributed by atoms with E-state index in [2.05, 4.69) is 11.6 Å². The van der Waals surface area contributed by atoms with E-state index in [1.165, 1.54) is 11.3 Å². The van der Waals surface area contributed by atoms with E-state index < -0.39 is 5.91 Å². The van der Waals surface area contributed by atoms with Crippen LogP contribution in [-0.4, -0.2) is 10.9 Å². The minimum absolute atomic E-state index is 0.254. The monoisotopic (exact) mass is 183 g/mol. The minimum atomic E-state index is -0.540. The van der Waals surface area contributed by atoms with E-state index in [1.54, 1.807) is 6.08 Å². The molecule has 1 heterocycles. The number of thiazole rings is 1. The van der Waals surface area contributed by atoms with Crippen LogP contribution in [0.4, 0.5) is 5.82 Å². The van der Waals surface area contributed by atoms with E-state index in [9.17, 15) is 4.79 Å². The van der Waals surface area contributed by atoms with Gasteiger partial charge in [0.25, 0.3) is 5.91 Å². The zero-order chi connectivity index (χ0) is 9.14. The summed E-state index contributed by atoms with van der Waals surface area (Å²) in [6.45, 7) is 3.56. The molecule has 0 atom stereocenters. The van der Waals surface area contributed by atoms with Crippen molar-refractivity contribution in [3.63, 3.8) is 0 Å². The number of aromatic nitrogens is 1. The molecule has 0 saturated carbocycles. The lowest BCUT2D eigenvalue weighted by Gasteiger charge is -1.87. The van der Waals surface area contributed by atoms with Crippen LogP contribution in [0, 0.1) is 0 Å². The summed E-state index contributed by atoms with van der Waals surface area (Å²) >= 11 is 1.21. The first-order valence-corrected chi connectivity index (χ1v) is 4.12. The quantitative estimate of drug-likeness (QED) is 0.671. The number of nitrogen functional groups attached to an aromatic ring is 1. The molecule has 1 amide bonds. The number of nitrogens with two attached hydrogens (primary N) is 2. The topological polar surface area (TPSA) is 82.0 Å². The number of anilines is 1. The molecular formula is C7H9N3OS. The van der Waals surface area contributed by atoms with Gasteiger partial charge in [-0.1, -0.05) is 6.08 Å². The second-order valence-corrected chi connectivity index (χ2v) is 3.27. The van der Waals surface area contributed by atoms with Crippen molar-refractivity contribution in [1.29, 1.82) is 0 Å². The lowest BCUT2D eigenvalue weighted by Crippen LogP contribution is -2.10. The fraction of sp³-hybridized carbons (Fsp3) is 0.143. The molecule has 0 aliphatic rings. The minimum Gasteiger partial charge on any atom is -0.383 e. The molecule has 12 heavy (non-hydrogen) atoms. The van der Waals surface area contributed by atoms with Gasteiger partial charge in [0.2, 0.25) is 0 Å². The molecule has 0 unspecified atom stereocenters. The molecule has 0 aliphatic carbocycles. The number of rotatable bonds is 3. The van der Waals surface area contributed by atoms with Gasteiger partial charge in [-0.25, -0.2) is 4.98 Å². The number of amides is 1. The summed E-state index contributed by atoms with van der Waals surface area (Å²) in [4.78, 5) is 15.3. The maximum Gasteiger partial charge on any atom is 0.277 e. The summed E-state index contributed by atoms with van der Waals surface area (Å²) in [5.41, 5.74) is 10.5. The van der Waals surface area contributed by atoms with Crippen molar-refractivity contribution in [3.8, 4) is 0 Å². The van der Waals surface area contributed by atoms with Crippen molar-refractivity contribution in [2.45, 2.75) is 6.42 Å². The standard InChI is InChI=1S/C7H9N3OS/c1-2-3-4-5(8)10-7(12-4)6(9)11/h2H,1,3,8H2,(H2,9,11). The fourth-order valence-electron chi connectivity index (χ4n) is 0.746. The van der Waals surface area contributed by atoms with Gasteiger partial charge in [0.15, 0.2) is 5.01 Å². The van der Waals surface area contributed by atoms with Gasteiger partial charge in [-0.15, -0.1) is 17.9 Å². The molecule has 0 fully saturated rings. The second-order valence-electron chi connectivity index (χ2n) is 2.18. The van der Waals surface area contributed by atoms with E-state index in [0.717, 1.165) is 4.88 Å². The van der Waals surface area contributed by atoms with Crippen molar-refractivity contribution in [3.05, 3.63) is 22.5 Å². The van der Waals surface area contributed by atoms with Crippen LogP contribution < -0.4 is 11.5 Å². The Morgan fingerprint density at radius 2 is 2.42 bits per heavy atom. The van der Waals surface area contributed by atoms with Gasteiger partial charge in [-0.3, -0.25) is 4.79 Å². The maximum absolute atomic E-state index is 10.7. The molecular weight excluding hydrogens is 174 g/mol. The SMILES string of the molecule is C=CCc1sc(C(N)=O)nc1N. The van der Waals surface area contributed by atoms with Gasteiger partial charge >= 0.3 is 0 Å². The third-order valence-electron chi connectivity index (χ3n) is 1.27. The number of hydrogen-bond donors (Lipinski definition) is 2. The number of carbonyl (C=O) groups excluding carboxylic acids is 1. The Balaban J connectivity index is 2.99. The van der Waals surface area contributed by atoms with E-state index in [0.29, 0.717) is 12.2 Å². The average Bonchev–Trinajstić information content (AvgIpc) is 2.34. The molecule has 4 nitrogen and oxygen atoms in total. The highest BCUT2D eigenvalue weighted by Crippen LogP contribution is 2.20. The molecule has 1 aromatic heterocycles. The molecule has 0 aliphatic heterocycles. The van der Waals surface area contributed by atoms with E-state index in [1.807, 2.05) is 0 Å². The van der Waals surface area contributed by atoms with E-state index in [-0.39, 0.29) is 5.01 Å². The summed E-state index contributed by atoms with van der Waals surface area (Å²) in [5, 5.41) is 0.254. The van der Waals surface area contributed by atoms with Crippen LogP contribution in [0.5, 0.6) is 0 Å². The van der Waals surface area contributed by atoms with Crippen molar-refractivity contribution >= 4 is 23.1 Å². The second kappa shape index (κ2) is 3.36. The van der Waals surface area contributed by atoms with E-state index >= 15 is 0 Å². The summed E-state index contributed by atoms with van der Waals surface area (Å²) in [6, 6.07) is 0. The summed E-state index contributed by atoms with van der Waals surface area (Å²) in [6.07, 6.45) is 2.32. The molecule has 4 N–H and O–H groups in total. The van der Waals surface area contributed by atoms with Crippen LogP contribution in [0.15, 0.2) is 12.7 Å². The number of allylic oxidation sites excluding steroid dienone is 1. The van der Waals surface area contributed by atoms with Gasteiger partial charge < -0.3 is 11.5 Å². The van der Waals surface area contributed by atoms with Crippen LogP contribution in [-0.2, 0) is 6.42 Å². The predicted molar refractivity (Wildman–Crippen MR) is 48.9 cm³/mol. The van der Waals surface area contributed by atoms with Crippen molar-refractivity contribution in [2.75, 3.05) is 5.73 Å². The van der Waals surface area contributed by atoms with Crippen LogP contribution in [0.3, 0.4) is 0 Å². The highest BCUT2D eigenvalue weighted by Gasteiger charge is 2.10. The van der Waals surface area contributed by atoms with Gasteiger partial charge in [0.05, 0.1) is 4.88 Å². The lowest BCUT2D eigenvalue weighted by atomic mass is 10.3. The number of nitrogens with zero attached hydrogens (tertiary/aromatic N) is 1. The first-order chi connectivity index (χ1) is 5.65. The molecule has 0 saturated heterocycles. The Kier molecular flexibility index (Phi) is 2.44. The van der Waals surface area contributed by atoms with Crippen LogP contribution in [0.25, 0.3) is 0 Å². The fourth-order valence-corrected chi connectivity index (χ4v) is 1.58.